The Balaban J connectivity index is 2.38. The third-order valence-corrected chi connectivity index (χ3v) is 5.23. The summed E-state index contributed by atoms with van der Waals surface area (Å²) in [5.41, 5.74) is 0. The number of ether oxygens (including phenoxy) is 1. The standard InChI is InChI=1S/C16H21NO3S/c1-11(2)12(3)17-21(18,19)16-8-6-13-9-15(20-4)7-5-14(13)10-16/h5-12,17H,1-4H3/t12-/m0/s1. The van der Waals surface area contributed by atoms with Gasteiger partial charge in [-0.2, -0.15) is 0 Å². The lowest BCUT2D eigenvalue weighted by Gasteiger charge is -2.17. The quantitative estimate of drug-likeness (QED) is 0.923. The van der Waals surface area contributed by atoms with E-state index in [0.29, 0.717) is 0 Å². The van der Waals surface area contributed by atoms with Crippen molar-refractivity contribution in [3.63, 3.8) is 0 Å². The van der Waals surface area contributed by atoms with Crippen molar-refractivity contribution in [3.05, 3.63) is 36.4 Å². The van der Waals surface area contributed by atoms with Gasteiger partial charge in [0.05, 0.1) is 12.0 Å². The molecule has 0 aliphatic heterocycles. The van der Waals surface area contributed by atoms with Crippen LogP contribution in [0.2, 0.25) is 0 Å². The zero-order valence-electron chi connectivity index (χ0n) is 12.8. The molecule has 114 valence electrons. The highest BCUT2D eigenvalue weighted by molar-refractivity contribution is 7.89. The summed E-state index contributed by atoms with van der Waals surface area (Å²) in [5, 5.41) is 1.82. The van der Waals surface area contributed by atoms with E-state index in [1.165, 1.54) is 0 Å². The smallest absolute Gasteiger partial charge is 0.240 e. The van der Waals surface area contributed by atoms with Crippen LogP contribution in [-0.4, -0.2) is 21.6 Å². The third-order valence-electron chi connectivity index (χ3n) is 3.67. The number of fused-ring (bicyclic) bond motifs is 1. The van der Waals surface area contributed by atoms with Crippen LogP contribution in [0.15, 0.2) is 41.3 Å². The van der Waals surface area contributed by atoms with Crippen LogP contribution in [0.3, 0.4) is 0 Å². The zero-order chi connectivity index (χ0) is 15.6. The van der Waals surface area contributed by atoms with Gasteiger partial charge in [-0.15, -0.1) is 0 Å². The second-order valence-corrected chi connectivity index (χ2v) is 7.24. The lowest BCUT2D eigenvalue weighted by molar-refractivity contribution is 0.415. The number of nitrogens with one attached hydrogen (secondary N) is 1. The Bertz CT molecular complexity index is 738. The molecule has 0 unspecified atom stereocenters. The molecule has 0 saturated carbocycles. The minimum atomic E-state index is -3.49. The van der Waals surface area contributed by atoms with Gasteiger partial charge in [-0.1, -0.05) is 26.0 Å². The molecule has 0 spiro atoms. The normalized spacial score (nSPS) is 13.6. The molecule has 4 nitrogen and oxygen atoms in total. The van der Waals surface area contributed by atoms with Crippen LogP contribution in [0.4, 0.5) is 0 Å². The second kappa shape index (κ2) is 6.03. The van der Waals surface area contributed by atoms with Crippen LogP contribution in [0, 0.1) is 5.92 Å². The Labute approximate surface area is 126 Å². The number of hydrogen-bond acceptors (Lipinski definition) is 3. The molecule has 0 heterocycles. The van der Waals surface area contributed by atoms with E-state index in [9.17, 15) is 8.42 Å². The second-order valence-electron chi connectivity index (χ2n) is 5.53. The molecule has 0 amide bonds. The van der Waals surface area contributed by atoms with E-state index in [-0.39, 0.29) is 16.9 Å². The van der Waals surface area contributed by atoms with Gasteiger partial charge >= 0.3 is 0 Å². The Hall–Kier alpha value is -1.59. The van der Waals surface area contributed by atoms with E-state index in [1.807, 2.05) is 39.0 Å². The summed E-state index contributed by atoms with van der Waals surface area (Å²) in [6.45, 7) is 5.84. The molecule has 0 saturated heterocycles. The fraction of sp³-hybridized carbons (Fsp3) is 0.375. The highest BCUT2D eigenvalue weighted by atomic mass is 32.2. The van der Waals surface area contributed by atoms with Crippen LogP contribution in [-0.2, 0) is 10.0 Å². The van der Waals surface area contributed by atoms with E-state index in [2.05, 4.69) is 4.72 Å². The summed E-state index contributed by atoms with van der Waals surface area (Å²) in [7, 11) is -1.88. The molecule has 0 aliphatic rings. The van der Waals surface area contributed by atoms with Gasteiger partial charge in [-0.3, -0.25) is 0 Å². The van der Waals surface area contributed by atoms with Gasteiger partial charge in [0.15, 0.2) is 0 Å². The topological polar surface area (TPSA) is 55.4 Å². The average Bonchev–Trinajstić information content (AvgIpc) is 2.45. The van der Waals surface area contributed by atoms with Gasteiger partial charge in [0.1, 0.15) is 5.75 Å². The monoisotopic (exact) mass is 307 g/mol. The van der Waals surface area contributed by atoms with Gasteiger partial charge < -0.3 is 4.74 Å². The molecule has 21 heavy (non-hydrogen) atoms. The molecular formula is C16H21NO3S. The molecule has 2 aromatic rings. The Kier molecular flexibility index (Phi) is 4.54. The molecule has 0 radical (unpaired) electrons. The van der Waals surface area contributed by atoms with Gasteiger partial charge in [-0.25, -0.2) is 13.1 Å². The number of benzene rings is 2. The maximum absolute atomic E-state index is 12.4. The molecular weight excluding hydrogens is 286 g/mol. The molecule has 1 N–H and O–H groups in total. The van der Waals surface area contributed by atoms with Crippen molar-refractivity contribution >= 4 is 20.8 Å². The van der Waals surface area contributed by atoms with E-state index >= 15 is 0 Å². The SMILES string of the molecule is COc1ccc2cc(S(=O)(=O)N[C@@H](C)C(C)C)ccc2c1. The van der Waals surface area contributed by atoms with Gasteiger partial charge in [0, 0.05) is 6.04 Å². The minimum absolute atomic E-state index is 0.110. The van der Waals surface area contributed by atoms with Crippen LogP contribution in [0.1, 0.15) is 20.8 Å². The molecule has 0 aromatic heterocycles. The first-order chi connectivity index (χ1) is 9.83. The Morgan fingerprint density at radius 1 is 1.00 bits per heavy atom. The lowest BCUT2D eigenvalue weighted by Crippen LogP contribution is -2.36. The van der Waals surface area contributed by atoms with Gasteiger partial charge in [0.25, 0.3) is 0 Å². The molecule has 1 atom stereocenters. The van der Waals surface area contributed by atoms with E-state index in [1.54, 1.807) is 25.3 Å². The Morgan fingerprint density at radius 2 is 1.62 bits per heavy atom. The number of methoxy groups -OCH3 is 1. The van der Waals surface area contributed by atoms with Crippen molar-refractivity contribution in [2.45, 2.75) is 31.7 Å². The average molecular weight is 307 g/mol. The summed E-state index contributed by atoms with van der Waals surface area (Å²) < 4.78 is 32.6. The Morgan fingerprint density at radius 3 is 2.24 bits per heavy atom. The summed E-state index contributed by atoms with van der Waals surface area (Å²) in [5.74, 6) is 0.995. The van der Waals surface area contributed by atoms with E-state index < -0.39 is 10.0 Å². The zero-order valence-corrected chi connectivity index (χ0v) is 13.6. The first-order valence-electron chi connectivity index (χ1n) is 6.93. The first-order valence-corrected chi connectivity index (χ1v) is 8.42. The van der Waals surface area contributed by atoms with E-state index in [0.717, 1.165) is 16.5 Å². The number of sulfonamides is 1. The fourth-order valence-corrected chi connectivity index (χ4v) is 3.37. The summed E-state index contributed by atoms with van der Waals surface area (Å²) in [4.78, 5) is 0.285. The summed E-state index contributed by atoms with van der Waals surface area (Å²) >= 11 is 0. The molecule has 5 heteroatoms. The summed E-state index contributed by atoms with van der Waals surface area (Å²) in [6.07, 6.45) is 0. The van der Waals surface area contributed by atoms with Gasteiger partial charge in [0.2, 0.25) is 10.0 Å². The molecule has 0 fully saturated rings. The van der Waals surface area contributed by atoms with Crippen molar-refractivity contribution < 1.29 is 13.2 Å². The molecule has 0 aliphatic carbocycles. The van der Waals surface area contributed by atoms with Crippen LogP contribution >= 0.6 is 0 Å². The van der Waals surface area contributed by atoms with Crippen LogP contribution < -0.4 is 9.46 Å². The van der Waals surface area contributed by atoms with Crippen LogP contribution in [0.25, 0.3) is 10.8 Å². The fourth-order valence-electron chi connectivity index (χ4n) is 1.94. The predicted molar refractivity (Wildman–Crippen MR) is 85.1 cm³/mol. The molecule has 0 bridgehead atoms. The largest absolute Gasteiger partial charge is 0.497 e. The lowest BCUT2D eigenvalue weighted by atomic mass is 10.1. The van der Waals surface area contributed by atoms with Crippen molar-refractivity contribution in [1.82, 2.24) is 4.72 Å². The molecule has 2 aromatic carbocycles. The van der Waals surface area contributed by atoms with Crippen molar-refractivity contribution in [2.75, 3.05) is 7.11 Å². The summed E-state index contributed by atoms with van der Waals surface area (Å²) in [6, 6.07) is 10.6. The van der Waals surface area contributed by atoms with Crippen molar-refractivity contribution in [3.8, 4) is 5.75 Å². The maximum atomic E-state index is 12.4. The molecule has 2 rings (SSSR count). The highest BCUT2D eigenvalue weighted by Crippen LogP contribution is 2.23. The third kappa shape index (κ3) is 3.54. The van der Waals surface area contributed by atoms with Gasteiger partial charge in [-0.05, 0) is 47.9 Å². The van der Waals surface area contributed by atoms with Crippen molar-refractivity contribution in [1.29, 1.82) is 0 Å². The minimum Gasteiger partial charge on any atom is -0.497 e. The predicted octanol–water partition coefficient (Wildman–Crippen LogP) is 3.17. The highest BCUT2D eigenvalue weighted by Gasteiger charge is 2.19. The number of rotatable bonds is 5. The number of hydrogen-bond donors (Lipinski definition) is 1. The van der Waals surface area contributed by atoms with Crippen LogP contribution in [0.5, 0.6) is 5.75 Å². The maximum Gasteiger partial charge on any atom is 0.240 e. The first kappa shape index (κ1) is 15.8. The van der Waals surface area contributed by atoms with E-state index in [4.69, 9.17) is 4.74 Å². The van der Waals surface area contributed by atoms with Crippen molar-refractivity contribution in [2.24, 2.45) is 5.92 Å².